The number of nitrogens with zero attached hydrogens (tertiary/aromatic N) is 1. The molecule has 1 aromatic heterocycles. The molecule has 6 heteroatoms. The van der Waals surface area contributed by atoms with E-state index in [0.717, 1.165) is 47.5 Å². The number of ether oxygens (including phenoxy) is 2. The van der Waals surface area contributed by atoms with Gasteiger partial charge in [-0.3, -0.25) is 4.79 Å². The van der Waals surface area contributed by atoms with Crippen molar-refractivity contribution in [3.8, 4) is 11.5 Å². The molecule has 0 unspecified atom stereocenters. The normalized spacial score (nSPS) is 13.3. The molecule has 5 rings (SSSR count). The number of aliphatic imine (C=N–C) groups is 1. The number of anilines is 1. The molecule has 40 heavy (non-hydrogen) atoms. The highest BCUT2D eigenvalue weighted by Gasteiger charge is 2.24. The zero-order valence-corrected chi connectivity index (χ0v) is 24.1. The average Bonchev–Trinajstić information content (AvgIpc) is 3.29. The van der Waals surface area contributed by atoms with Crippen molar-refractivity contribution in [3.05, 3.63) is 105 Å². The number of aryl methyl sites for hydroxylation is 2. The van der Waals surface area contributed by atoms with Crippen LogP contribution in [0.4, 0.5) is 10.7 Å². The lowest BCUT2D eigenvalue weighted by Crippen LogP contribution is -2.14. The van der Waals surface area contributed by atoms with E-state index in [-0.39, 0.29) is 5.91 Å². The molecule has 4 aromatic rings. The Kier molecular flexibility index (Phi) is 9.30. The number of rotatable bonds is 9. The second-order valence-electron chi connectivity index (χ2n) is 10.1. The van der Waals surface area contributed by atoms with E-state index >= 15 is 0 Å². The summed E-state index contributed by atoms with van der Waals surface area (Å²) in [5.41, 5.74) is 5.89. The highest BCUT2D eigenvalue weighted by Crippen LogP contribution is 2.39. The zero-order valence-electron chi connectivity index (χ0n) is 23.2. The predicted octanol–water partition coefficient (Wildman–Crippen LogP) is 8.70. The Morgan fingerprint density at radius 2 is 1.70 bits per heavy atom. The first kappa shape index (κ1) is 27.7. The van der Waals surface area contributed by atoms with Crippen molar-refractivity contribution in [2.24, 2.45) is 4.99 Å². The fourth-order valence-electron chi connectivity index (χ4n) is 4.92. The number of benzene rings is 3. The maximum absolute atomic E-state index is 13.6. The molecule has 1 aliphatic carbocycles. The Labute approximate surface area is 240 Å². The Hall–Kier alpha value is -3.90. The maximum atomic E-state index is 13.6. The number of amides is 1. The molecule has 0 saturated carbocycles. The highest BCUT2D eigenvalue weighted by atomic mass is 32.1. The zero-order chi connectivity index (χ0) is 27.7. The number of hydrogen-bond acceptors (Lipinski definition) is 5. The third kappa shape index (κ3) is 6.99. The van der Waals surface area contributed by atoms with Gasteiger partial charge in [0.2, 0.25) is 0 Å². The molecule has 1 heterocycles. The van der Waals surface area contributed by atoms with E-state index in [1.807, 2.05) is 61.7 Å². The van der Waals surface area contributed by atoms with Crippen molar-refractivity contribution in [1.29, 1.82) is 0 Å². The first-order valence-corrected chi connectivity index (χ1v) is 14.9. The number of nitrogens with one attached hydrogen (secondary N) is 1. The van der Waals surface area contributed by atoms with Crippen LogP contribution in [0.2, 0.25) is 0 Å². The van der Waals surface area contributed by atoms with E-state index in [0.29, 0.717) is 30.3 Å². The molecule has 1 amide bonds. The Balaban J connectivity index is 1.40. The largest absolute Gasteiger partial charge is 0.490 e. The predicted molar refractivity (Wildman–Crippen MR) is 165 cm³/mol. The summed E-state index contributed by atoms with van der Waals surface area (Å²) in [6, 6.07) is 23.8. The lowest BCUT2D eigenvalue weighted by Gasteiger charge is -2.13. The lowest BCUT2D eigenvalue weighted by atomic mass is 9.96. The minimum Gasteiger partial charge on any atom is -0.490 e. The topological polar surface area (TPSA) is 59.9 Å². The van der Waals surface area contributed by atoms with E-state index < -0.39 is 0 Å². The van der Waals surface area contributed by atoms with Crippen LogP contribution in [0.5, 0.6) is 11.5 Å². The number of carbonyl (C=O) groups is 1. The molecule has 0 spiro atoms. The van der Waals surface area contributed by atoms with Crippen LogP contribution in [0.25, 0.3) is 0 Å². The van der Waals surface area contributed by atoms with Gasteiger partial charge in [-0.1, -0.05) is 60.9 Å². The maximum Gasteiger partial charge on any atom is 0.259 e. The van der Waals surface area contributed by atoms with Crippen LogP contribution >= 0.6 is 11.3 Å². The van der Waals surface area contributed by atoms with Crippen LogP contribution < -0.4 is 14.8 Å². The van der Waals surface area contributed by atoms with Gasteiger partial charge in [-0.25, -0.2) is 4.99 Å². The molecule has 0 fully saturated rings. The average molecular weight is 553 g/mol. The lowest BCUT2D eigenvalue weighted by molar-refractivity contribution is 0.102. The molecule has 1 N–H and O–H groups in total. The number of para-hydroxylation sites is 1. The summed E-state index contributed by atoms with van der Waals surface area (Å²) in [6.45, 7) is 5.03. The quantitative estimate of drug-likeness (QED) is 0.211. The van der Waals surface area contributed by atoms with Crippen molar-refractivity contribution in [2.75, 3.05) is 11.9 Å². The summed E-state index contributed by atoms with van der Waals surface area (Å²) in [5, 5.41) is 3.85. The number of hydrogen-bond donors (Lipinski definition) is 1. The van der Waals surface area contributed by atoms with Crippen LogP contribution in [0, 0.1) is 6.92 Å². The second-order valence-corrected chi connectivity index (χ2v) is 11.2. The van der Waals surface area contributed by atoms with Crippen molar-refractivity contribution in [3.63, 3.8) is 0 Å². The molecule has 3 aromatic carbocycles. The second kappa shape index (κ2) is 13.4. The van der Waals surface area contributed by atoms with Gasteiger partial charge in [-0.2, -0.15) is 0 Å². The molecule has 0 bridgehead atoms. The summed E-state index contributed by atoms with van der Waals surface area (Å²) in [4.78, 5) is 19.7. The summed E-state index contributed by atoms with van der Waals surface area (Å²) in [7, 11) is 0. The molecular weight excluding hydrogens is 516 g/mol. The van der Waals surface area contributed by atoms with Gasteiger partial charge in [0, 0.05) is 16.8 Å². The minimum absolute atomic E-state index is 0.0914. The number of carbonyl (C=O) groups excluding carboxylic acids is 1. The molecule has 0 saturated heterocycles. The fraction of sp³-hybridized carbons (Fsp3) is 0.294. The molecule has 1 aliphatic rings. The summed E-state index contributed by atoms with van der Waals surface area (Å²) < 4.78 is 12.0. The van der Waals surface area contributed by atoms with E-state index in [4.69, 9.17) is 14.5 Å². The van der Waals surface area contributed by atoms with Crippen molar-refractivity contribution in [1.82, 2.24) is 0 Å². The van der Waals surface area contributed by atoms with E-state index in [9.17, 15) is 4.79 Å². The van der Waals surface area contributed by atoms with Crippen LogP contribution in [0.15, 0.2) is 77.8 Å². The van der Waals surface area contributed by atoms with Crippen molar-refractivity contribution in [2.45, 2.75) is 59.0 Å². The monoisotopic (exact) mass is 552 g/mol. The van der Waals surface area contributed by atoms with Gasteiger partial charge in [-0.15, -0.1) is 11.3 Å². The summed E-state index contributed by atoms with van der Waals surface area (Å²) in [5.74, 6) is 1.28. The Morgan fingerprint density at radius 3 is 2.48 bits per heavy atom. The third-order valence-corrected chi connectivity index (χ3v) is 8.22. The SMILES string of the molecule is CCOc1cc(C=Nc2sc3c(c2C(=O)Nc2ccccc2)CCCCCC3)ccc1OCc1ccc(C)cc1. The number of thiophene rings is 1. The van der Waals surface area contributed by atoms with E-state index in [2.05, 4.69) is 36.5 Å². The van der Waals surface area contributed by atoms with Crippen LogP contribution in [-0.2, 0) is 19.4 Å². The standard InChI is InChI=1S/C34H36N2O3S/c1-3-38-30-21-26(19-20-29(30)39-23-25-17-15-24(2)16-18-25)22-35-34-32(33(37)36-27-11-7-6-8-12-27)28-13-9-4-5-10-14-31(28)40-34/h6-8,11-12,15-22H,3-5,9-10,13-14,23H2,1-2H3,(H,36,37). The van der Waals surface area contributed by atoms with E-state index in [1.54, 1.807) is 11.3 Å². The molecule has 206 valence electrons. The van der Waals surface area contributed by atoms with Gasteiger partial charge in [0.15, 0.2) is 11.5 Å². The Morgan fingerprint density at radius 1 is 0.925 bits per heavy atom. The van der Waals surface area contributed by atoms with Crippen molar-refractivity contribution >= 4 is 34.1 Å². The molecule has 5 nitrogen and oxygen atoms in total. The van der Waals surface area contributed by atoms with Crippen LogP contribution in [0.3, 0.4) is 0 Å². The first-order chi connectivity index (χ1) is 19.6. The van der Waals surface area contributed by atoms with E-state index in [1.165, 1.54) is 28.8 Å². The van der Waals surface area contributed by atoms with Gasteiger partial charge in [-0.05, 0) is 86.6 Å². The fourth-order valence-corrected chi connectivity index (χ4v) is 6.15. The van der Waals surface area contributed by atoms with Crippen molar-refractivity contribution < 1.29 is 14.3 Å². The van der Waals surface area contributed by atoms with Gasteiger partial charge < -0.3 is 14.8 Å². The van der Waals surface area contributed by atoms with Crippen LogP contribution in [-0.4, -0.2) is 18.7 Å². The Bertz CT molecular complexity index is 1460. The van der Waals surface area contributed by atoms with Gasteiger partial charge in [0.05, 0.1) is 12.2 Å². The molecule has 0 atom stereocenters. The van der Waals surface area contributed by atoms with Gasteiger partial charge in [0.1, 0.15) is 11.6 Å². The molecular formula is C34H36N2O3S. The minimum atomic E-state index is -0.0914. The number of fused-ring (bicyclic) bond motifs is 1. The highest BCUT2D eigenvalue weighted by molar-refractivity contribution is 7.16. The van der Waals surface area contributed by atoms with Crippen LogP contribution in [0.1, 0.15) is 70.1 Å². The molecule has 0 aliphatic heterocycles. The van der Waals surface area contributed by atoms with Gasteiger partial charge >= 0.3 is 0 Å². The summed E-state index contributed by atoms with van der Waals surface area (Å²) >= 11 is 1.65. The first-order valence-electron chi connectivity index (χ1n) is 14.1. The van der Waals surface area contributed by atoms with Gasteiger partial charge in [0.25, 0.3) is 5.91 Å². The smallest absolute Gasteiger partial charge is 0.259 e. The third-order valence-electron chi connectivity index (χ3n) is 7.02. The summed E-state index contributed by atoms with van der Waals surface area (Å²) in [6.07, 6.45) is 8.43. The molecule has 0 radical (unpaired) electrons.